The molecule has 2 fully saturated rings. The van der Waals surface area contributed by atoms with Gasteiger partial charge in [-0.15, -0.1) is 0 Å². The summed E-state index contributed by atoms with van der Waals surface area (Å²) in [6, 6.07) is -0.112. The number of β-lactam (4-membered cyclic amide) rings is 1. The van der Waals surface area contributed by atoms with Crippen molar-refractivity contribution >= 4 is 11.9 Å². The van der Waals surface area contributed by atoms with Crippen LogP contribution >= 0.6 is 0 Å². The van der Waals surface area contributed by atoms with Gasteiger partial charge >= 0.3 is 29.6 Å². The monoisotopic (exact) mass is 299 g/mol. The number of carboxylic acid groups (broad SMARTS) is 1. The molecule has 0 aromatic heterocycles. The molecule has 6 heteroatoms. The third-order valence-electron chi connectivity index (χ3n) is 4.56. The number of aliphatic carboxylic acids is 1. The first-order valence-corrected chi connectivity index (χ1v) is 7.18. The fraction of sp³-hybridized carbons (Fsp3) is 0.600. The molecule has 3 rings (SSSR count). The summed E-state index contributed by atoms with van der Waals surface area (Å²) in [7, 11) is 0. The van der Waals surface area contributed by atoms with Gasteiger partial charge in [-0.1, -0.05) is 6.08 Å². The molecule has 2 aliphatic heterocycles. The summed E-state index contributed by atoms with van der Waals surface area (Å²) in [5, 5.41) is 11.5. The Morgan fingerprint density at radius 3 is 2.76 bits per heavy atom. The standard InChI is InChI=1S/C15H19NO4.Na/c1-3-8-12-9-6-5-7-10(20-4-2)11(9)13(15(18)19)16(12)14(8)17;/h3,9-10,12H,4-7H2,1-2H3,(H,18,19);/q;+1/p-1/b8-3+;/t9-,10-,12+;/m1./s1. The first-order valence-electron chi connectivity index (χ1n) is 7.18. The maximum absolute atomic E-state index is 12.1. The molecule has 0 bridgehead atoms. The molecule has 108 valence electrons. The summed E-state index contributed by atoms with van der Waals surface area (Å²) in [6.45, 7) is 4.26. The normalized spacial score (nSPS) is 32.5. The topological polar surface area (TPSA) is 69.7 Å². The van der Waals surface area contributed by atoms with Crippen LogP contribution in [0.5, 0.6) is 0 Å². The summed E-state index contributed by atoms with van der Waals surface area (Å²) in [5.41, 5.74) is 1.56. The van der Waals surface area contributed by atoms with Crippen molar-refractivity contribution in [2.75, 3.05) is 6.61 Å². The summed E-state index contributed by atoms with van der Waals surface area (Å²) in [4.78, 5) is 25.0. The summed E-state index contributed by atoms with van der Waals surface area (Å²) in [6.07, 6.45) is 4.32. The number of hydrogen-bond acceptors (Lipinski definition) is 4. The van der Waals surface area contributed by atoms with E-state index in [1.165, 1.54) is 4.90 Å². The van der Waals surface area contributed by atoms with Crippen LogP contribution in [-0.2, 0) is 14.3 Å². The largest absolute Gasteiger partial charge is 1.00 e. The second-order valence-electron chi connectivity index (χ2n) is 5.44. The van der Waals surface area contributed by atoms with Crippen molar-refractivity contribution in [1.82, 2.24) is 4.90 Å². The van der Waals surface area contributed by atoms with Gasteiger partial charge in [0.2, 0.25) is 0 Å². The Bertz CT molecular complexity index is 538. The predicted octanol–water partition coefficient (Wildman–Crippen LogP) is -2.63. The molecule has 21 heavy (non-hydrogen) atoms. The van der Waals surface area contributed by atoms with Crippen molar-refractivity contribution < 1.29 is 49.0 Å². The maximum Gasteiger partial charge on any atom is 1.00 e. The Morgan fingerprint density at radius 2 is 2.19 bits per heavy atom. The zero-order valence-corrected chi connectivity index (χ0v) is 14.7. The fourth-order valence-corrected chi connectivity index (χ4v) is 3.85. The summed E-state index contributed by atoms with van der Waals surface area (Å²) >= 11 is 0. The zero-order valence-electron chi connectivity index (χ0n) is 12.7. The maximum atomic E-state index is 12.1. The molecule has 0 unspecified atom stereocenters. The molecule has 3 aliphatic rings. The van der Waals surface area contributed by atoms with Crippen molar-refractivity contribution in [1.29, 1.82) is 0 Å². The van der Waals surface area contributed by atoms with E-state index in [2.05, 4.69) is 0 Å². The second kappa shape index (κ2) is 6.24. The molecule has 1 amide bonds. The number of ether oxygens (including phenoxy) is 1. The molecule has 0 spiro atoms. The van der Waals surface area contributed by atoms with Crippen LogP contribution in [0.3, 0.4) is 0 Å². The van der Waals surface area contributed by atoms with Gasteiger partial charge in [-0.2, -0.15) is 0 Å². The molecule has 0 aromatic carbocycles. The SMILES string of the molecule is C/C=C1/C(=O)N2C(C(=O)[O-])=C3[C@@H](CCC[C@H]3OCC)[C@H]12.[Na+]. The van der Waals surface area contributed by atoms with E-state index >= 15 is 0 Å². The molecule has 1 saturated heterocycles. The van der Waals surface area contributed by atoms with E-state index in [1.54, 1.807) is 6.08 Å². The third kappa shape index (κ3) is 2.31. The minimum absolute atomic E-state index is 0. The van der Waals surface area contributed by atoms with Gasteiger partial charge in [0.1, 0.15) is 0 Å². The van der Waals surface area contributed by atoms with E-state index in [1.807, 2.05) is 13.8 Å². The van der Waals surface area contributed by atoms with Crippen LogP contribution in [0.1, 0.15) is 33.1 Å². The average Bonchev–Trinajstić information content (AvgIpc) is 2.72. The number of rotatable bonds is 3. The Labute approximate surface area is 146 Å². The van der Waals surface area contributed by atoms with Gasteiger partial charge in [0, 0.05) is 18.1 Å². The van der Waals surface area contributed by atoms with E-state index in [0.29, 0.717) is 6.61 Å². The number of nitrogens with zero attached hydrogens (tertiary/aromatic N) is 1. The van der Waals surface area contributed by atoms with Gasteiger partial charge in [0.05, 0.1) is 23.8 Å². The zero-order chi connectivity index (χ0) is 14.4. The first-order chi connectivity index (χ1) is 9.61. The molecule has 2 heterocycles. The molecular formula is C15H18NNaO4. The van der Waals surface area contributed by atoms with Crippen LogP contribution < -0.4 is 34.7 Å². The smallest absolute Gasteiger partial charge is 0.543 e. The third-order valence-corrected chi connectivity index (χ3v) is 4.56. The van der Waals surface area contributed by atoms with Gasteiger partial charge in [0.15, 0.2) is 0 Å². The quantitative estimate of drug-likeness (QED) is 0.325. The molecule has 1 saturated carbocycles. The molecule has 0 aromatic rings. The number of carboxylic acids is 1. The number of amides is 1. The van der Waals surface area contributed by atoms with Crippen LogP contribution in [0.25, 0.3) is 0 Å². The fourth-order valence-electron chi connectivity index (χ4n) is 3.85. The van der Waals surface area contributed by atoms with E-state index in [4.69, 9.17) is 4.74 Å². The first kappa shape index (κ1) is 16.7. The minimum Gasteiger partial charge on any atom is -0.543 e. The number of hydrogen-bond donors (Lipinski definition) is 0. The van der Waals surface area contributed by atoms with Crippen molar-refractivity contribution in [3.63, 3.8) is 0 Å². The number of allylic oxidation sites excluding steroid dienone is 1. The Balaban J connectivity index is 0.00000161. The molecular weight excluding hydrogens is 281 g/mol. The van der Waals surface area contributed by atoms with Crippen LogP contribution in [0.2, 0.25) is 0 Å². The van der Waals surface area contributed by atoms with Gasteiger partial charge in [-0.05, 0) is 38.7 Å². The molecule has 0 radical (unpaired) electrons. The van der Waals surface area contributed by atoms with Crippen molar-refractivity contribution in [3.8, 4) is 0 Å². The van der Waals surface area contributed by atoms with Crippen molar-refractivity contribution in [2.45, 2.75) is 45.3 Å². The van der Waals surface area contributed by atoms with Crippen molar-refractivity contribution in [2.24, 2.45) is 5.92 Å². The molecule has 0 N–H and O–H groups in total. The van der Waals surface area contributed by atoms with Crippen LogP contribution in [-0.4, -0.2) is 35.5 Å². The summed E-state index contributed by atoms with van der Waals surface area (Å²) in [5.74, 6) is -1.38. The van der Waals surface area contributed by atoms with Crippen molar-refractivity contribution in [3.05, 3.63) is 22.9 Å². The predicted molar refractivity (Wildman–Crippen MR) is 69.2 cm³/mol. The van der Waals surface area contributed by atoms with Gasteiger partial charge < -0.3 is 14.6 Å². The van der Waals surface area contributed by atoms with Crippen LogP contribution in [0.15, 0.2) is 22.9 Å². The van der Waals surface area contributed by atoms with Crippen LogP contribution in [0, 0.1) is 5.92 Å². The number of carbonyl (C=O) groups is 2. The van der Waals surface area contributed by atoms with Crippen LogP contribution in [0.4, 0.5) is 0 Å². The minimum atomic E-state index is -1.26. The van der Waals surface area contributed by atoms with E-state index in [9.17, 15) is 14.7 Å². The Kier molecular flexibility index (Phi) is 4.98. The Morgan fingerprint density at radius 1 is 1.48 bits per heavy atom. The van der Waals surface area contributed by atoms with E-state index < -0.39 is 5.97 Å². The molecule has 5 nitrogen and oxygen atoms in total. The van der Waals surface area contributed by atoms with E-state index in [0.717, 1.165) is 30.4 Å². The van der Waals surface area contributed by atoms with Gasteiger partial charge in [-0.3, -0.25) is 9.69 Å². The number of carbonyl (C=O) groups excluding carboxylic acids is 2. The second-order valence-corrected chi connectivity index (χ2v) is 5.44. The number of fused-ring (bicyclic) bond motifs is 3. The average molecular weight is 299 g/mol. The Hall–Kier alpha value is -0.620. The molecule has 3 atom stereocenters. The van der Waals surface area contributed by atoms with Gasteiger partial charge in [-0.25, -0.2) is 0 Å². The van der Waals surface area contributed by atoms with Gasteiger partial charge in [0.25, 0.3) is 5.91 Å². The van der Waals surface area contributed by atoms with E-state index in [-0.39, 0.29) is 59.2 Å². The summed E-state index contributed by atoms with van der Waals surface area (Å²) < 4.78 is 5.70. The molecule has 1 aliphatic carbocycles.